The fourth-order valence-corrected chi connectivity index (χ4v) is 4.45. The van der Waals surface area contributed by atoms with Crippen LogP contribution in [0.2, 0.25) is 5.02 Å². The quantitative estimate of drug-likeness (QED) is 0.697. The summed E-state index contributed by atoms with van der Waals surface area (Å²) in [6, 6.07) is 9.35. The van der Waals surface area contributed by atoms with Gasteiger partial charge in [-0.2, -0.15) is 0 Å². The van der Waals surface area contributed by atoms with Crippen molar-refractivity contribution in [3.05, 3.63) is 63.9 Å². The van der Waals surface area contributed by atoms with E-state index < -0.39 is 5.60 Å². The standard InChI is InChI=1S/C25H32ClN3O3/c1-17-8-9-19(20(26)15-17)22(30)28-16-25(21-18(2)7-6-12-27-21)10-13-29(14-11-25)23(31)32-24(3,4)5/h6-9,12,15H,10-11,13-14,16H2,1-5H3,(H,28,30). The van der Waals surface area contributed by atoms with Crippen LogP contribution < -0.4 is 5.32 Å². The molecule has 1 fully saturated rings. The summed E-state index contributed by atoms with van der Waals surface area (Å²) in [7, 11) is 0. The van der Waals surface area contributed by atoms with Gasteiger partial charge in [0.25, 0.3) is 5.91 Å². The second-order valence-corrected chi connectivity index (χ2v) is 9.99. The van der Waals surface area contributed by atoms with Gasteiger partial charge in [0.2, 0.25) is 0 Å². The van der Waals surface area contributed by atoms with Gasteiger partial charge < -0.3 is 15.0 Å². The highest BCUT2D eigenvalue weighted by Gasteiger charge is 2.40. The van der Waals surface area contributed by atoms with Crippen LogP contribution in [0, 0.1) is 13.8 Å². The van der Waals surface area contributed by atoms with Gasteiger partial charge in [-0.1, -0.05) is 23.7 Å². The number of nitrogens with one attached hydrogen (secondary N) is 1. The highest BCUT2D eigenvalue weighted by molar-refractivity contribution is 6.33. The van der Waals surface area contributed by atoms with E-state index in [1.165, 1.54) is 0 Å². The molecule has 1 aliphatic rings. The van der Waals surface area contributed by atoms with Crippen molar-refractivity contribution in [1.82, 2.24) is 15.2 Å². The van der Waals surface area contributed by atoms with E-state index in [0.717, 1.165) is 16.8 Å². The van der Waals surface area contributed by atoms with Crippen LogP contribution in [-0.4, -0.2) is 47.1 Å². The first-order valence-electron chi connectivity index (χ1n) is 11.0. The smallest absolute Gasteiger partial charge is 0.410 e. The van der Waals surface area contributed by atoms with Crippen molar-refractivity contribution < 1.29 is 14.3 Å². The van der Waals surface area contributed by atoms with Crippen molar-refractivity contribution in [3.8, 4) is 0 Å². The Morgan fingerprint density at radius 1 is 1.19 bits per heavy atom. The zero-order valence-corrected chi connectivity index (χ0v) is 20.3. The number of nitrogens with zero attached hydrogens (tertiary/aromatic N) is 2. The van der Waals surface area contributed by atoms with E-state index in [0.29, 0.717) is 43.1 Å². The number of piperidine rings is 1. The van der Waals surface area contributed by atoms with E-state index in [-0.39, 0.29) is 17.4 Å². The molecule has 1 saturated heterocycles. The Kier molecular flexibility index (Phi) is 7.13. The molecule has 1 aromatic carbocycles. The number of amides is 2. The van der Waals surface area contributed by atoms with Gasteiger partial charge in [0.15, 0.2) is 0 Å². The van der Waals surface area contributed by atoms with E-state index in [9.17, 15) is 9.59 Å². The number of carbonyl (C=O) groups is 2. The molecule has 0 unspecified atom stereocenters. The first-order valence-corrected chi connectivity index (χ1v) is 11.3. The summed E-state index contributed by atoms with van der Waals surface area (Å²) < 4.78 is 5.54. The molecule has 0 atom stereocenters. The van der Waals surface area contributed by atoms with Gasteiger partial charge in [-0.15, -0.1) is 0 Å². The van der Waals surface area contributed by atoms with Gasteiger partial charge in [0.1, 0.15) is 5.60 Å². The number of carbonyl (C=O) groups excluding carboxylic acids is 2. The molecule has 2 heterocycles. The SMILES string of the molecule is Cc1ccc(C(=O)NCC2(c3ncccc3C)CCN(C(=O)OC(C)(C)C)CC2)c(Cl)c1. The molecule has 3 rings (SSSR count). The lowest BCUT2D eigenvalue weighted by atomic mass is 9.73. The third-order valence-corrected chi connectivity index (χ3v) is 6.15. The van der Waals surface area contributed by atoms with E-state index >= 15 is 0 Å². The van der Waals surface area contributed by atoms with Crippen LogP contribution in [0.25, 0.3) is 0 Å². The third-order valence-electron chi connectivity index (χ3n) is 5.84. The van der Waals surface area contributed by atoms with E-state index in [1.54, 1.807) is 23.2 Å². The lowest BCUT2D eigenvalue weighted by molar-refractivity contribution is 0.0159. The summed E-state index contributed by atoms with van der Waals surface area (Å²) >= 11 is 6.30. The van der Waals surface area contributed by atoms with Gasteiger partial charge in [0.05, 0.1) is 16.3 Å². The minimum absolute atomic E-state index is 0.211. The fraction of sp³-hybridized carbons (Fsp3) is 0.480. The van der Waals surface area contributed by atoms with Gasteiger partial charge in [-0.05, 0) is 76.8 Å². The average Bonchev–Trinajstić information content (AvgIpc) is 2.71. The van der Waals surface area contributed by atoms with Crippen molar-refractivity contribution in [2.75, 3.05) is 19.6 Å². The minimum atomic E-state index is -0.537. The summed E-state index contributed by atoms with van der Waals surface area (Å²) in [5, 5.41) is 3.52. The summed E-state index contributed by atoms with van der Waals surface area (Å²) in [6.07, 6.45) is 2.82. The van der Waals surface area contributed by atoms with Crippen molar-refractivity contribution in [3.63, 3.8) is 0 Å². The Labute approximate surface area is 195 Å². The molecule has 32 heavy (non-hydrogen) atoms. The number of aryl methyl sites for hydroxylation is 2. The average molecular weight is 458 g/mol. The van der Waals surface area contributed by atoms with Crippen LogP contribution in [0.1, 0.15) is 60.8 Å². The number of benzene rings is 1. The summed E-state index contributed by atoms with van der Waals surface area (Å²) in [5.74, 6) is -0.211. The van der Waals surface area contributed by atoms with Crippen LogP contribution in [0.4, 0.5) is 4.79 Å². The highest BCUT2D eigenvalue weighted by Crippen LogP contribution is 2.36. The maximum atomic E-state index is 12.9. The lowest BCUT2D eigenvalue weighted by Gasteiger charge is -2.42. The Morgan fingerprint density at radius 3 is 2.47 bits per heavy atom. The van der Waals surface area contributed by atoms with Crippen molar-refractivity contribution >= 4 is 23.6 Å². The summed E-state index contributed by atoms with van der Waals surface area (Å²) in [4.78, 5) is 31.9. The predicted octanol–water partition coefficient (Wildman–Crippen LogP) is 5.05. The largest absolute Gasteiger partial charge is 0.444 e. The Hall–Kier alpha value is -2.60. The normalized spacial score (nSPS) is 15.9. The van der Waals surface area contributed by atoms with Crippen molar-refractivity contribution in [2.24, 2.45) is 0 Å². The molecule has 7 heteroatoms. The molecule has 6 nitrogen and oxygen atoms in total. The van der Waals surface area contributed by atoms with E-state index in [2.05, 4.69) is 10.3 Å². The van der Waals surface area contributed by atoms with E-state index in [1.807, 2.05) is 52.8 Å². The predicted molar refractivity (Wildman–Crippen MR) is 126 cm³/mol. The number of halogens is 1. The summed E-state index contributed by atoms with van der Waals surface area (Å²) in [5.41, 5.74) is 2.57. The summed E-state index contributed by atoms with van der Waals surface area (Å²) in [6.45, 7) is 11.0. The number of pyridine rings is 1. The fourth-order valence-electron chi connectivity index (χ4n) is 4.13. The second kappa shape index (κ2) is 9.49. The van der Waals surface area contributed by atoms with Gasteiger partial charge >= 0.3 is 6.09 Å². The molecule has 0 saturated carbocycles. The van der Waals surface area contributed by atoms with Crippen LogP contribution in [0.3, 0.4) is 0 Å². The Bertz CT molecular complexity index is 992. The van der Waals surface area contributed by atoms with Crippen LogP contribution >= 0.6 is 11.6 Å². The zero-order chi connectivity index (χ0) is 23.5. The molecule has 1 N–H and O–H groups in total. The van der Waals surface area contributed by atoms with Crippen molar-refractivity contribution in [2.45, 2.75) is 58.5 Å². The number of rotatable bonds is 4. The molecular weight excluding hydrogens is 426 g/mol. The monoisotopic (exact) mass is 457 g/mol. The van der Waals surface area contributed by atoms with E-state index in [4.69, 9.17) is 16.3 Å². The Balaban J connectivity index is 1.79. The first-order chi connectivity index (χ1) is 15.0. The second-order valence-electron chi connectivity index (χ2n) is 9.58. The molecule has 2 aromatic rings. The maximum Gasteiger partial charge on any atom is 0.410 e. The molecule has 0 aliphatic carbocycles. The molecule has 0 spiro atoms. The third kappa shape index (κ3) is 5.60. The van der Waals surface area contributed by atoms with Crippen LogP contribution in [-0.2, 0) is 10.2 Å². The molecule has 1 aliphatic heterocycles. The van der Waals surface area contributed by atoms with Gasteiger partial charge in [-0.3, -0.25) is 9.78 Å². The zero-order valence-electron chi connectivity index (χ0n) is 19.5. The van der Waals surface area contributed by atoms with Crippen molar-refractivity contribution in [1.29, 1.82) is 0 Å². The number of hydrogen-bond acceptors (Lipinski definition) is 4. The van der Waals surface area contributed by atoms with Gasteiger partial charge in [0, 0.05) is 31.2 Å². The number of likely N-dealkylation sites (tertiary alicyclic amines) is 1. The minimum Gasteiger partial charge on any atom is -0.444 e. The maximum absolute atomic E-state index is 12.9. The lowest BCUT2D eigenvalue weighted by Crippen LogP contribution is -2.51. The molecule has 0 radical (unpaired) electrons. The van der Waals surface area contributed by atoms with Crippen LogP contribution in [0.15, 0.2) is 36.5 Å². The number of ether oxygens (including phenoxy) is 1. The molecule has 2 amide bonds. The van der Waals surface area contributed by atoms with Gasteiger partial charge in [-0.25, -0.2) is 4.79 Å². The molecule has 0 bridgehead atoms. The Morgan fingerprint density at radius 2 is 1.88 bits per heavy atom. The number of aromatic nitrogens is 1. The highest BCUT2D eigenvalue weighted by atomic mass is 35.5. The molecular formula is C25H32ClN3O3. The molecule has 172 valence electrons. The first kappa shape index (κ1) is 24.1. The van der Waals surface area contributed by atoms with Crippen LogP contribution in [0.5, 0.6) is 0 Å². The number of hydrogen-bond donors (Lipinski definition) is 1. The molecule has 1 aromatic heterocycles. The topological polar surface area (TPSA) is 71.5 Å².